The maximum atomic E-state index is 12.8. The minimum absolute atomic E-state index is 0.108. The molecule has 1 fully saturated rings. The summed E-state index contributed by atoms with van der Waals surface area (Å²) in [5, 5.41) is 5.74. The van der Waals surface area contributed by atoms with E-state index in [0.29, 0.717) is 4.91 Å². The fourth-order valence-electron chi connectivity index (χ4n) is 4.37. The Hall–Kier alpha value is -3.32. The van der Waals surface area contributed by atoms with Crippen molar-refractivity contribution >= 4 is 28.9 Å². The fourth-order valence-corrected chi connectivity index (χ4v) is 5.33. The molecule has 0 radical (unpaired) electrons. The highest BCUT2D eigenvalue weighted by Gasteiger charge is 2.27. The van der Waals surface area contributed by atoms with E-state index in [9.17, 15) is 4.79 Å². The quantitative estimate of drug-likeness (QED) is 0.408. The van der Waals surface area contributed by atoms with Crippen LogP contribution in [0.3, 0.4) is 0 Å². The van der Waals surface area contributed by atoms with E-state index in [2.05, 4.69) is 16.0 Å². The van der Waals surface area contributed by atoms with E-state index in [1.807, 2.05) is 80.2 Å². The molecule has 0 saturated carbocycles. The molecule has 7 heteroatoms. The first-order valence-electron chi connectivity index (χ1n) is 12.2. The van der Waals surface area contributed by atoms with Crippen LogP contribution in [0.15, 0.2) is 64.6 Å². The lowest BCUT2D eigenvalue weighted by molar-refractivity contribution is -0.113. The zero-order valence-corrected chi connectivity index (χ0v) is 21.2. The van der Waals surface area contributed by atoms with E-state index in [0.717, 1.165) is 64.9 Å². The molecule has 35 heavy (non-hydrogen) atoms. The van der Waals surface area contributed by atoms with Gasteiger partial charge in [-0.1, -0.05) is 18.2 Å². The maximum absolute atomic E-state index is 12.8. The number of aryl methyl sites for hydroxylation is 1. The second kappa shape index (κ2) is 10.1. The summed E-state index contributed by atoms with van der Waals surface area (Å²) in [5.41, 5.74) is 4.70. The Bertz CT molecular complexity index is 1290. The first-order chi connectivity index (χ1) is 17.0. The Morgan fingerprint density at radius 1 is 1.06 bits per heavy atom. The predicted molar refractivity (Wildman–Crippen MR) is 143 cm³/mol. The van der Waals surface area contributed by atoms with Gasteiger partial charge in [-0.25, -0.2) is 4.68 Å². The molecule has 1 saturated heterocycles. The molecule has 0 unspecified atom stereocenters. The SMILES string of the molecule is Cc1cc(-c2nn(-c3ccccc3)cc2C=C2SC(N3CCCCC3)=NC2=O)ccc1OC(C)C. The van der Waals surface area contributed by atoms with Crippen molar-refractivity contribution < 1.29 is 9.53 Å². The summed E-state index contributed by atoms with van der Waals surface area (Å²) in [7, 11) is 0. The van der Waals surface area contributed by atoms with Crippen LogP contribution in [0.4, 0.5) is 0 Å². The minimum atomic E-state index is -0.175. The third-order valence-corrected chi connectivity index (χ3v) is 7.14. The molecule has 180 valence electrons. The zero-order chi connectivity index (χ0) is 24.4. The number of likely N-dealkylation sites (tertiary alicyclic amines) is 1. The van der Waals surface area contributed by atoms with Crippen LogP contribution in [-0.4, -0.2) is 44.9 Å². The van der Waals surface area contributed by atoms with Gasteiger partial charge in [-0.15, -0.1) is 0 Å². The number of piperidine rings is 1. The molecule has 3 heterocycles. The highest BCUT2D eigenvalue weighted by molar-refractivity contribution is 8.18. The highest BCUT2D eigenvalue weighted by atomic mass is 32.2. The molecule has 0 atom stereocenters. The lowest BCUT2D eigenvalue weighted by Gasteiger charge is -2.27. The van der Waals surface area contributed by atoms with E-state index in [4.69, 9.17) is 9.84 Å². The molecule has 0 N–H and O–H groups in total. The first-order valence-corrected chi connectivity index (χ1v) is 13.0. The van der Waals surface area contributed by atoms with Crippen LogP contribution in [0.2, 0.25) is 0 Å². The maximum Gasteiger partial charge on any atom is 0.286 e. The van der Waals surface area contributed by atoms with Crippen molar-refractivity contribution in [2.75, 3.05) is 13.1 Å². The average Bonchev–Trinajstić information content (AvgIpc) is 3.45. The van der Waals surface area contributed by atoms with Crippen LogP contribution in [0.25, 0.3) is 23.0 Å². The Labute approximate surface area is 210 Å². The number of aromatic nitrogens is 2. The molecule has 2 aromatic carbocycles. The molecule has 1 amide bonds. The Kier molecular flexibility index (Phi) is 6.77. The number of carbonyl (C=O) groups is 1. The van der Waals surface area contributed by atoms with Crippen LogP contribution in [0, 0.1) is 6.92 Å². The number of para-hydroxylation sites is 1. The van der Waals surface area contributed by atoms with Gasteiger partial charge in [0.05, 0.1) is 16.7 Å². The Balaban J connectivity index is 1.51. The van der Waals surface area contributed by atoms with Crippen LogP contribution in [0.5, 0.6) is 5.75 Å². The van der Waals surface area contributed by atoms with Gasteiger partial charge < -0.3 is 9.64 Å². The van der Waals surface area contributed by atoms with E-state index in [1.54, 1.807) is 0 Å². The first kappa shape index (κ1) is 23.4. The van der Waals surface area contributed by atoms with Crippen LogP contribution in [-0.2, 0) is 4.79 Å². The van der Waals surface area contributed by atoms with Gasteiger partial charge in [0.25, 0.3) is 5.91 Å². The average molecular weight is 487 g/mol. The summed E-state index contributed by atoms with van der Waals surface area (Å²) < 4.78 is 7.79. The number of carbonyl (C=O) groups excluding carboxylic acids is 1. The van der Waals surface area contributed by atoms with Crippen molar-refractivity contribution in [1.29, 1.82) is 0 Å². The standard InChI is InChI=1S/C28H30N4O2S/c1-19(2)34-24-13-12-21(16-20(24)3)26-22(18-32(30-26)23-10-6-4-7-11-23)17-25-27(33)29-28(35-25)31-14-8-5-9-15-31/h4,6-7,10-13,16-19H,5,8-9,14-15H2,1-3H3. The number of amidine groups is 1. The zero-order valence-electron chi connectivity index (χ0n) is 20.4. The second-order valence-corrected chi connectivity index (χ2v) is 10.2. The van der Waals surface area contributed by atoms with Crippen LogP contribution < -0.4 is 4.74 Å². The van der Waals surface area contributed by atoms with Gasteiger partial charge in [0.15, 0.2) is 5.17 Å². The van der Waals surface area contributed by atoms with Crippen molar-refractivity contribution in [2.24, 2.45) is 4.99 Å². The van der Waals surface area contributed by atoms with Crippen molar-refractivity contribution in [3.8, 4) is 22.7 Å². The van der Waals surface area contributed by atoms with Gasteiger partial charge in [-0.2, -0.15) is 10.1 Å². The summed E-state index contributed by atoms with van der Waals surface area (Å²) >= 11 is 1.47. The number of ether oxygens (including phenoxy) is 1. The Morgan fingerprint density at radius 3 is 2.54 bits per heavy atom. The number of amides is 1. The third-order valence-electron chi connectivity index (χ3n) is 6.10. The smallest absolute Gasteiger partial charge is 0.286 e. The number of benzene rings is 2. The third kappa shape index (κ3) is 5.20. The minimum Gasteiger partial charge on any atom is -0.491 e. The van der Waals surface area contributed by atoms with E-state index in [-0.39, 0.29) is 12.0 Å². The molecule has 3 aromatic rings. The van der Waals surface area contributed by atoms with Gasteiger partial charge in [0.1, 0.15) is 11.4 Å². The summed E-state index contributed by atoms with van der Waals surface area (Å²) in [5.74, 6) is 0.693. The topological polar surface area (TPSA) is 59.7 Å². The number of aliphatic imine (C=N–C) groups is 1. The summed E-state index contributed by atoms with van der Waals surface area (Å²) in [6.07, 6.45) is 7.57. The summed E-state index contributed by atoms with van der Waals surface area (Å²) in [6.45, 7) is 8.02. The molecule has 2 aliphatic heterocycles. The second-order valence-electron chi connectivity index (χ2n) is 9.22. The number of thioether (sulfide) groups is 1. The van der Waals surface area contributed by atoms with Gasteiger partial charge >= 0.3 is 0 Å². The van der Waals surface area contributed by atoms with Crippen molar-refractivity contribution in [1.82, 2.24) is 14.7 Å². The van der Waals surface area contributed by atoms with Crippen molar-refractivity contribution in [2.45, 2.75) is 46.1 Å². The summed E-state index contributed by atoms with van der Waals surface area (Å²) in [6, 6.07) is 16.1. The lowest BCUT2D eigenvalue weighted by Crippen LogP contribution is -2.33. The molecular formula is C28H30N4O2S. The lowest BCUT2D eigenvalue weighted by atomic mass is 10.0. The molecule has 0 spiro atoms. The normalized spacial score (nSPS) is 17.4. The number of hydrogen-bond acceptors (Lipinski definition) is 5. The van der Waals surface area contributed by atoms with Gasteiger partial charge in [0, 0.05) is 30.4 Å². The van der Waals surface area contributed by atoms with Gasteiger partial charge in [-0.05, 0) is 93.8 Å². The van der Waals surface area contributed by atoms with E-state index < -0.39 is 0 Å². The monoisotopic (exact) mass is 486 g/mol. The molecule has 2 aliphatic rings. The molecule has 1 aromatic heterocycles. The molecule has 6 nitrogen and oxygen atoms in total. The van der Waals surface area contributed by atoms with Crippen molar-refractivity contribution in [3.63, 3.8) is 0 Å². The molecule has 5 rings (SSSR count). The van der Waals surface area contributed by atoms with Crippen LogP contribution in [0.1, 0.15) is 44.2 Å². The molecular weight excluding hydrogens is 456 g/mol. The van der Waals surface area contributed by atoms with Crippen LogP contribution >= 0.6 is 11.8 Å². The van der Waals surface area contributed by atoms with E-state index >= 15 is 0 Å². The largest absolute Gasteiger partial charge is 0.491 e. The molecule has 0 bridgehead atoms. The van der Waals surface area contributed by atoms with E-state index in [1.165, 1.54) is 18.2 Å². The summed E-state index contributed by atoms with van der Waals surface area (Å²) in [4.78, 5) is 20.0. The van der Waals surface area contributed by atoms with Gasteiger partial charge in [0.2, 0.25) is 0 Å². The number of nitrogens with zero attached hydrogens (tertiary/aromatic N) is 4. The van der Waals surface area contributed by atoms with Gasteiger partial charge in [-0.3, -0.25) is 4.79 Å². The number of hydrogen-bond donors (Lipinski definition) is 0. The van der Waals surface area contributed by atoms with Crippen molar-refractivity contribution in [3.05, 3.63) is 70.8 Å². The highest BCUT2D eigenvalue weighted by Crippen LogP contribution is 2.35. The Morgan fingerprint density at radius 2 is 1.83 bits per heavy atom. The predicted octanol–water partition coefficient (Wildman–Crippen LogP) is 6.09. The number of rotatable bonds is 5. The molecule has 0 aliphatic carbocycles. The fraction of sp³-hybridized carbons (Fsp3) is 0.321.